The molecule has 0 saturated heterocycles. The minimum atomic E-state index is -0.0146. The number of benzene rings is 7. The third kappa shape index (κ3) is 6.36. The fourth-order valence-corrected chi connectivity index (χ4v) is 7.66. The van der Waals surface area contributed by atoms with Crippen LogP contribution in [0.15, 0.2) is 114 Å². The van der Waals surface area contributed by atoms with Crippen LogP contribution >= 0.6 is 0 Å². The molecule has 0 atom stereocenters. The minimum Gasteiger partial charge on any atom is -0.457 e. The smallest absolute Gasteiger partial charge is 0.164 e. The molecule has 2 aromatic heterocycles. The molecule has 0 fully saturated rings. The van der Waals surface area contributed by atoms with Crippen molar-refractivity contribution in [3.63, 3.8) is 0 Å². The Hall–Kier alpha value is -5.94. The summed E-state index contributed by atoms with van der Waals surface area (Å²) in [7, 11) is 72.8. The first-order valence-corrected chi connectivity index (χ1v) is 18.6. The second kappa shape index (κ2) is 15.3. The zero-order valence-electron chi connectivity index (χ0n) is 32.0. The molecule has 9 rings (SSSR count). The summed E-state index contributed by atoms with van der Waals surface area (Å²) in [4.78, 5) is 14.8. The Kier molecular flexibility index (Phi) is 10.1. The standard InChI is InChI=1S/C45H18B11N3O/c46-30-25(26-32(48)33(49)27-28-34(50)38(54)39(55)40(56)42(28)60-41(27)37(26)53)31(47)36(52)29(35(30)51)45-58-43(22-16-14-21(15-17-22)19-8-3-1-4-9-19)57-44(59-45)24-13-7-12-23(18-24)20-10-5-2-6-11-20/h1-18H. The fraction of sp³-hybridized carbons (Fsp3) is 0. The van der Waals surface area contributed by atoms with Crippen molar-refractivity contribution < 1.29 is 4.42 Å². The van der Waals surface area contributed by atoms with Crippen molar-refractivity contribution in [2.45, 2.75) is 0 Å². The summed E-state index contributed by atoms with van der Waals surface area (Å²) in [6.45, 7) is 0. The molecule has 0 amide bonds. The van der Waals surface area contributed by atoms with Crippen LogP contribution in [0, 0.1) is 0 Å². The fourth-order valence-electron chi connectivity index (χ4n) is 7.66. The van der Waals surface area contributed by atoms with Crippen LogP contribution in [-0.4, -0.2) is 101 Å². The van der Waals surface area contributed by atoms with E-state index in [0.717, 1.165) is 27.8 Å². The van der Waals surface area contributed by atoms with Gasteiger partial charge in [-0.25, -0.2) is 15.0 Å². The van der Waals surface area contributed by atoms with Gasteiger partial charge in [0.2, 0.25) is 0 Å². The number of hydrogen-bond acceptors (Lipinski definition) is 4. The van der Waals surface area contributed by atoms with Gasteiger partial charge in [-0.2, -0.15) is 0 Å². The molecule has 22 radical (unpaired) electrons. The Morgan fingerprint density at radius 3 is 1.27 bits per heavy atom. The topological polar surface area (TPSA) is 51.8 Å². The second-order valence-electron chi connectivity index (χ2n) is 14.4. The molecule has 0 aliphatic rings. The van der Waals surface area contributed by atoms with Crippen molar-refractivity contribution >= 4 is 168 Å². The van der Waals surface area contributed by atoms with E-state index in [-0.39, 0.29) is 99.2 Å². The molecular weight excluding hydrogens is 717 g/mol. The molecule has 252 valence electrons. The lowest BCUT2D eigenvalue weighted by Crippen LogP contribution is -2.48. The maximum atomic E-state index is 6.91. The van der Waals surface area contributed by atoms with E-state index in [0.29, 0.717) is 22.6 Å². The summed E-state index contributed by atoms with van der Waals surface area (Å²) in [5.74, 6) is 0.842. The molecule has 9 aromatic rings. The molecule has 15 heteroatoms. The van der Waals surface area contributed by atoms with E-state index >= 15 is 0 Å². The Labute approximate surface area is 362 Å². The number of furan rings is 1. The van der Waals surface area contributed by atoms with Gasteiger partial charge >= 0.3 is 0 Å². The summed E-state index contributed by atoms with van der Waals surface area (Å²) < 4.78 is 6.17. The molecule has 7 aromatic carbocycles. The van der Waals surface area contributed by atoms with Crippen LogP contribution in [0.3, 0.4) is 0 Å². The van der Waals surface area contributed by atoms with E-state index in [1.165, 1.54) is 0 Å². The highest BCUT2D eigenvalue weighted by Gasteiger charge is 2.25. The molecule has 0 bridgehead atoms. The van der Waals surface area contributed by atoms with Crippen molar-refractivity contribution in [1.82, 2.24) is 15.0 Å². The first kappa shape index (κ1) is 39.5. The van der Waals surface area contributed by atoms with Gasteiger partial charge in [0.25, 0.3) is 0 Å². The summed E-state index contributed by atoms with van der Waals surface area (Å²) in [6, 6.07) is 35.8. The molecule has 0 aliphatic heterocycles. The summed E-state index contributed by atoms with van der Waals surface area (Å²) >= 11 is 0. The van der Waals surface area contributed by atoms with Crippen LogP contribution in [0.4, 0.5) is 0 Å². The lowest BCUT2D eigenvalue weighted by Gasteiger charge is -2.26. The zero-order valence-corrected chi connectivity index (χ0v) is 32.0. The van der Waals surface area contributed by atoms with E-state index in [1.54, 1.807) is 0 Å². The Morgan fingerprint density at radius 2 is 0.667 bits per heavy atom. The van der Waals surface area contributed by atoms with E-state index in [1.807, 2.05) is 109 Å². The van der Waals surface area contributed by atoms with Gasteiger partial charge in [0.05, 0.1) is 0 Å². The first-order chi connectivity index (χ1) is 28.8. The van der Waals surface area contributed by atoms with Gasteiger partial charge in [0.1, 0.15) is 97.5 Å². The van der Waals surface area contributed by atoms with Crippen LogP contribution in [0.1, 0.15) is 0 Å². The van der Waals surface area contributed by atoms with Crippen LogP contribution in [0.2, 0.25) is 0 Å². The largest absolute Gasteiger partial charge is 0.457 e. The Bertz CT molecular complexity index is 3180. The number of hydrogen-bond donors (Lipinski definition) is 0. The maximum Gasteiger partial charge on any atom is 0.164 e. The average Bonchev–Trinajstić information content (AvgIpc) is 3.70. The van der Waals surface area contributed by atoms with Crippen molar-refractivity contribution in [3.05, 3.63) is 109 Å². The molecule has 4 nitrogen and oxygen atoms in total. The predicted octanol–water partition coefficient (Wildman–Crippen LogP) is -1.50. The van der Waals surface area contributed by atoms with E-state index in [9.17, 15) is 0 Å². The third-order valence-corrected chi connectivity index (χ3v) is 10.9. The zero-order chi connectivity index (χ0) is 42.1. The monoisotopic (exact) mass is 737 g/mol. The molecule has 0 unspecified atom stereocenters. The summed E-state index contributed by atoms with van der Waals surface area (Å²) in [5.41, 5.74) is 6.48. The van der Waals surface area contributed by atoms with Gasteiger partial charge < -0.3 is 4.42 Å². The van der Waals surface area contributed by atoms with Gasteiger partial charge in [-0.3, -0.25) is 0 Å². The summed E-state index contributed by atoms with van der Waals surface area (Å²) in [5, 5.41) is 0.588. The average molecular weight is 736 g/mol. The highest BCUT2D eigenvalue weighted by Crippen LogP contribution is 2.30. The molecule has 0 saturated carbocycles. The van der Waals surface area contributed by atoms with Crippen LogP contribution in [0.5, 0.6) is 0 Å². The Morgan fingerprint density at radius 1 is 0.283 bits per heavy atom. The van der Waals surface area contributed by atoms with E-state index < -0.39 is 0 Å². The number of fused-ring (bicyclic) bond motifs is 3. The number of rotatable bonds is 6. The lowest BCUT2D eigenvalue weighted by atomic mass is 9.59. The van der Waals surface area contributed by atoms with Crippen molar-refractivity contribution in [1.29, 1.82) is 0 Å². The maximum absolute atomic E-state index is 6.91. The van der Waals surface area contributed by atoms with Gasteiger partial charge in [0.15, 0.2) is 17.5 Å². The minimum absolute atomic E-state index is 0.00278. The van der Waals surface area contributed by atoms with Crippen molar-refractivity contribution in [2.75, 3.05) is 0 Å². The lowest BCUT2D eigenvalue weighted by molar-refractivity contribution is 0.675. The van der Waals surface area contributed by atoms with Gasteiger partial charge in [-0.05, 0) is 44.9 Å². The molecule has 0 N–H and O–H groups in total. The van der Waals surface area contributed by atoms with Crippen LogP contribution in [0.25, 0.3) is 89.5 Å². The van der Waals surface area contributed by atoms with Crippen molar-refractivity contribution in [3.8, 4) is 67.5 Å². The summed E-state index contributed by atoms with van der Waals surface area (Å²) in [6.07, 6.45) is 0. The van der Waals surface area contributed by atoms with Crippen LogP contribution < -0.4 is 60.1 Å². The third-order valence-electron chi connectivity index (χ3n) is 10.9. The molecule has 0 aliphatic carbocycles. The highest BCUT2D eigenvalue weighted by atomic mass is 16.3. The predicted molar refractivity (Wildman–Crippen MR) is 259 cm³/mol. The number of aromatic nitrogens is 3. The second-order valence-corrected chi connectivity index (χ2v) is 14.4. The van der Waals surface area contributed by atoms with Gasteiger partial charge in [0, 0.05) is 27.5 Å². The van der Waals surface area contributed by atoms with E-state index in [4.69, 9.17) is 106 Å². The molecule has 0 spiro atoms. The van der Waals surface area contributed by atoms with Gasteiger partial charge in [-0.15, -0.1) is 10.9 Å². The van der Waals surface area contributed by atoms with Crippen LogP contribution in [-0.2, 0) is 0 Å². The highest BCUT2D eigenvalue weighted by molar-refractivity contribution is 6.70. The molecule has 2 heterocycles. The first-order valence-electron chi connectivity index (χ1n) is 18.6. The quantitative estimate of drug-likeness (QED) is 0.196. The normalized spacial score (nSPS) is 11.4. The van der Waals surface area contributed by atoms with E-state index in [2.05, 4.69) is 0 Å². The molecule has 60 heavy (non-hydrogen) atoms. The van der Waals surface area contributed by atoms with Crippen molar-refractivity contribution in [2.24, 2.45) is 0 Å². The Balaban J connectivity index is 1.25. The molecular formula is C45H18B11N3O. The SMILES string of the molecule is [B]c1c([B])c(-c2c([B])c([B])c3c(oc4c([B])c([B])c([B])c([B])c43)c2[B])c([B])c([B])c1-c1nc(-c2ccc(-c3ccccc3)cc2)nc(-c2cccc(-c3ccccc3)c2)n1. The number of nitrogens with zero attached hydrogens (tertiary/aromatic N) is 3. The van der Waals surface area contributed by atoms with Gasteiger partial charge in [-0.1, -0.05) is 147 Å².